The van der Waals surface area contributed by atoms with Gasteiger partial charge in [-0.1, -0.05) is 36.4 Å². The van der Waals surface area contributed by atoms with Gasteiger partial charge in [0.25, 0.3) is 5.91 Å². The van der Waals surface area contributed by atoms with Crippen LogP contribution in [0.5, 0.6) is 0 Å². The normalized spacial score (nSPS) is 11.1. The minimum absolute atomic E-state index is 0.0577. The zero-order chi connectivity index (χ0) is 19.5. The van der Waals surface area contributed by atoms with E-state index in [9.17, 15) is 14.7 Å². The van der Waals surface area contributed by atoms with Crippen LogP contribution in [-0.2, 0) is 0 Å². The van der Waals surface area contributed by atoms with Crippen LogP contribution in [0.15, 0.2) is 72.9 Å². The fourth-order valence-electron chi connectivity index (χ4n) is 2.98. The zero-order valence-electron chi connectivity index (χ0n) is 14.7. The zero-order valence-corrected chi connectivity index (χ0v) is 14.7. The summed E-state index contributed by atoms with van der Waals surface area (Å²) in [6.45, 7) is 0. The van der Waals surface area contributed by atoms with Gasteiger partial charge in [-0.2, -0.15) is 9.78 Å². The molecule has 0 fully saturated rings. The average molecular weight is 369 g/mol. The number of pyridine rings is 1. The SMILES string of the molecule is O=C(O)c1ccccc1C(=O)n1nc(/C=C/c2ccccn2)c2ccccc21. The van der Waals surface area contributed by atoms with E-state index in [-0.39, 0.29) is 11.1 Å². The van der Waals surface area contributed by atoms with E-state index in [0.29, 0.717) is 11.2 Å². The maximum absolute atomic E-state index is 13.1. The topological polar surface area (TPSA) is 85.1 Å². The first-order chi connectivity index (χ1) is 13.6. The molecule has 0 atom stereocenters. The van der Waals surface area contributed by atoms with Crippen LogP contribution in [0, 0.1) is 0 Å². The average Bonchev–Trinajstić information content (AvgIpc) is 3.11. The molecular formula is C22H15N3O3. The van der Waals surface area contributed by atoms with E-state index in [4.69, 9.17) is 0 Å². The Kier molecular flexibility index (Phi) is 4.51. The molecule has 6 nitrogen and oxygen atoms in total. The molecule has 2 aromatic heterocycles. The largest absolute Gasteiger partial charge is 0.478 e. The number of benzene rings is 2. The van der Waals surface area contributed by atoms with Crippen molar-refractivity contribution in [1.29, 1.82) is 0 Å². The number of carbonyl (C=O) groups is 2. The van der Waals surface area contributed by atoms with Gasteiger partial charge in [0, 0.05) is 11.6 Å². The maximum Gasteiger partial charge on any atom is 0.336 e. The summed E-state index contributed by atoms with van der Waals surface area (Å²) in [7, 11) is 0. The van der Waals surface area contributed by atoms with Gasteiger partial charge in [0.05, 0.1) is 28.0 Å². The molecule has 4 aromatic rings. The van der Waals surface area contributed by atoms with Crippen LogP contribution in [0.4, 0.5) is 0 Å². The van der Waals surface area contributed by atoms with Crippen molar-refractivity contribution in [2.75, 3.05) is 0 Å². The molecule has 0 aliphatic carbocycles. The highest BCUT2D eigenvalue weighted by atomic mass is 16.4. The summed E-state index contributed by atoms with van der Waals surface area (Å²) in [5, 5.41) is 14.6. The van der Waals surface area contributed by atoms with Crippen molar-refractivity contribution in [3.63, 3.8) is 0 Å². The van der Waals surface area contributed by atoms with E-state index in [1.807, 2.05) is 42.5 Å². The fraction of sp³-hybridized carbons (Fsp3) is 0. The summed E-state index contributed by atoms with van der Waals surface area (Å²) in [6.07, 6.45) is 5.30. The number of aromatic carboxylic acids is 1. The molecule has 6 heteroatoms. The van der Waals surface area contributed by atoms with Crippen molar-refractivity contribution >= 4 is 34.9 Å². The Morgan fingerprint density at radius 3 is 2.32 bits per heavy atom. The lowest BCUT2D eigenvalue weighted by Crippen LogP contribution is -2.17. The summed E-state index contributed by atoms with van der Waals surface area (Å²) in [6, 6.07) is 19.0. The Morgan fingerprint density at radius 1 is 0.857 bits per heavy atom. The molecule has 0 amide bonds. The molecule has 136 valence electrons. The first kappa shape index (κ1) is 17.4. The van der Waals surface area contributed by atoms with E-state index in [2.05, 4.69) is 10.1 Å². The molecular weight excluding hydrogens is 354 g/mol. The minimum atomic E-state index is -1.16. The van der Waals surface area contributed by atoms with E-state index in [0.717, 1.165) is 11.1 Å². The molecule has 0 saturated heterocycles. The van der Waals surface area contributed by atoms with Crippen molar-refractivity contribution in [3.05, 3.63) is 95.4 Å². The second-order valence-corrected chi connectivity index (χ2v) is 6.06. The highest BCUT2D eigenvalue weighted by Crippen LogP contribution is 2.22. The molecule has 4 rings (SSSR count). The number of rotatable bonds is 4. The van der Waals surface area contributed by atoms with Crippen LogP contribution < -0.4 is 0 Å². The van der Waals surface area contributed by atoms with Crippen molar-refractivity contribution in [1.82, 2.24) is 14.8 Å². The second kappa shape index (κ2) is 7.28. The highest BCUT2D eigenvalue weighted by molar-refractivity contribution is 6.08. The number of nitrogens with zero attached hydrogens (tertiary/aromatic N) is 3. The molecule has 28 heavy (non-hydrogen) atoms. The predicted octanol–water partition coefficient (Wildman–Crippen LogP) is 3.99. The molecule has 2 aromatic carbocycles. The van der Waals surface area contributed by atoms with E-state index in [1.54, 1.807) is 30.5 Å². The van der Waals surface area contributed by atoms with Gasteiger partial charge in [0.1, 0.15) is 0 Å². The van der Waals surface area contributed by atoms with Gasteiger partial charge < -0.3 is 5.11 Å². The van der Waals surface area contributed by atoms with Crippen molar-refractivity contribution in [2.24, 2.45) is 0 Å². The molecule has 1 N–H and O–H groups in total. The lowest BCUT2D eigenvalue weighted by Gasteiger charge is -2.05. The van der Waals surface area contributed by atoms with Gasteiger partial charge >= 0.3 is 5.97 Å². The minimum Gasteiger partial charge on any atom is -0.478 e. The van der Waals surface area contributed by atoms with Gasteiger partial charge in [-0.3, -0.25) is 9.78 Å². The van der Waals surface area contributed by atoms with E-state index >= 15 is 0 Å². The second-order valence-electron chi connectivity index (χ2n) is 6.06. The Morgan fingerprint density at radius 2 is 1.57 bits per heavy atom. The number of para-hydroxylation sites is 1. The number of carbonyl (C=O) groups excluding carboxylic acids is 1. The van der Waals surface area contributed by atoms with Gasteiger partial charge in [0.15, 0.2) is 0 Å². The van der Waals surface area contributed by atoms with Crippen LogP contribution in [0.2, 0.25) is 0 Å². The summed E-state index contributed by atoms with van der Waals surface area (Å²) < 4.78 is 1.25. The summed E-state index contributed by atoms with van der Waals surface area (Å²) in [4.78, 5) is 28.8. The Balaban J connectivity index is 1.82. The van der Waals surface area contributed by atoms with Gasteiger partial charge in [0.2, 0.25) is 0 Å². The number of hydrogen-bond acceptors (Lipinski definition) is 4. The van der Waals surface area contributed by atoms with E-state index < -0.39 is 11.9 Å². The van der Waals surface area contributed by atoms with Crippen LogP contribution in [-0.4, -0.2) is 31.7 Å². The predicted molar refractivity (Wildman–Crippen MR) is 106 cm³/mol. The molecule has 0 radical (unpaired) electrons. The standard InChI is InChI=1S/C22H15N3O3/c26-21(16-8-1-2-9-17(16)22(27)28)25-20-11-4-3-10-18(20)19(24-25)13-12-15-7-5-6-14-23-15/h1-14H,(H,27,28)/b13-12+. The lowest BCUT2D eigenvalue weighted by molar-refractivity contribution is 0.0691. The third-order valence-electron chi connectivity index (χ3n) is 4.30. The maximum atomic E-state index is 13.1. The molecule has 0 aliphatic rings. The third kappa shape index (κ3) is 3.19. The highest BCUT2D eigenvalue weighted by Gasteiger charge is 2.20. The lowest BCUT2D eigenvalue weighted by atomic mass is 10.1. The van der Waals surface area contributed by atoms with Crippen LogP contribution in [0.1, 0.15) is 32.1 Å². The molecule has 0 spiro atoms. The van der Waals surface area contributed by atoms with Crippen LogP contribution in [0.3, 0.4) is 0 Å². The van der Waals surface area contributed by atoms with Crippen LogP contribution >= 0.6 is 0 Å². The van der Waals surface area contributed by atoms with Crippen molar-refractivity contribution < 1.29 is 14.7 Å². The first-order valence-electron chi connectivity index (χ1n) is 8.59. The van der Waals surface area contributed by atoms with Crippen molar-refractivity contribution in [2.45, 2.75) is 0 Å². The van der Waals surface area contributed by atoms with E-state index in [1.165, 1.54) is 16.8 Å². The van der Waals surface area contributed by atoms with Crippen molar-refractivity contribution in [3.8, 4) is 0 Å². The Hall–Kier alpha value is -4.06. The summed E-state index contributed by atoms with van der Waals surface area (Å²) in [5.41, 5.74) is 2.00. The quantitative estimate of drug-likeness (QED) is 0.588. The number of carboxylic acid groups (broad SMARTS) is 1. The van der Waals surface area contributed by atoms with Crippen LogP contribution in [0.25, 0.3) is 23.1 Å². The monoisotopic (exact) mass is 369 g/mol. The number of fused-ring (bicyclic) bond motifs is 1. The Labute approximate surface area is 160 Å². The van der Waals surface area contributed by atoms with Gasteiger partial charge in [-0.15, -0.1) is 0 Å². The summed E-state index contributed by atoms with van der Waals surface area (Å²) in [5.74, 6) is -1.65. The number of hydrogen-bond donors (Lipinski definition) is 1. The van der Waals surface area contributed by atoms with Gasteiger partial charge in [-0.05, 0) is 42.5 Å². The molecule has 0 aliphatic heterocycles. The fourth-order valence-corrected chi connectivity index (χ4v) is 2.98. The smallest absolute Gasteiger partial charge is 0.336 e. The first-order valence-corrected chi connectivity index (χ1v) is 8.59. The number of aromatic nitrogens is 3. The summed E-state index contributed by atoms with van der Waals surface area (Å²) >= 11 is 0. The third-order valence-corrected chi connectivity index (χ3v) is 4.30. The molecule has 0 unspecified atom stereocenters. The molecule has 0 bridgehead atoms. The molecule has 2 heterocycles. The number of carboxylic acids is 1. The Bertz CT molecular complexity index is 1210. The van der Waals surface area contributed by atoms with Gasteiger partial charge in [-0.25, -0.2) is 4.79 Å². The molecule has 0 saturated carbocycles.